The molecule has 0 aliphatic carbocycles. The summed E-state index contributed by atoms with van der Waals surface area (Å²) in [5, 5.41) is 4.64. The largest absolute Gasteiger partial charge is 0.345 e. The van der Waals surface area contributed by atoms with Gasteiger partial charge in [0.05, 0.1) is 5.69 Å². The van der Waals surface area contributed by atoms with Gasteiger partial charge in [-0.15, -0.1) is 17.8 Å². The van der Waals surface area contributed by atoms with Gasteiger partial charge in [-0.25, -0.2) is 13.4 Å². The van der Waals surface area contributed by atoms with Crippen molar-refractivity contribution in [3.8, 4) is 12.3 Å². The number of piperazine rings is 1. The van der Waals surface area contributed by atoms with E-state index >= 15 is 0 Å². The molecule has 2 atom stereocenters. The molecule has 41 heavy (non-hydrogen) atoms. The number of terminal acetylenes is 1. The Bertz CT molecular complexity index is 1630. The second-order valence-corrected chi connectivity index (χ2v) is 14.1. The topological polar surface area (TPSA) is 119 Å². The average Bonchev–Trinajstić information content (AvgIpc) is 3.74. The van der Waals surface area contributed by atoms with Crippen LogP contribution in [0.5, 0.6) is 0 Å². The normalized spacial score (nSPS) is 21.7. The molecule has 5 heterocycles. The molecule has 0 saturated carbocycles. The van der Waals surface area contributed by atoms with Crippen molar-refractivity contribution in [3.63, 3.8) is 0 Å². The molecule has 3 aliphatic rings. The number of nitrogens with one attached hydrogen (secondary N) is 2. The van der Waals surface area contributed by atoms with Crippen LogP contribution in [-0.4, -0.2) is 89.1 Å². The molecule has 2 aromatic heterocycles. The van der Waals surface area contributed by atoms with Crippen molar-refractivity contribution < 1.29 is 18.0 Å². The van der Waals surface area contributed by atoms with Crippen LogP contribution in [0.2, 0.25) is 0 Å². The summed E-state index contributed by atoms with van der Waals surface area (Å²) in [4.78, 5) is 39.1. The number of carbonyl (C=O) groups excluding carboxylic acids is 2. The number of H-pyrrole nitrogens is 1. The van der Waals surface area contributed by atoms with Gasteiger partial charge in [0.1, 0.15) is 5.03 Å². The smallest absolute Gasteiger partial charge is 0.283 e. The number of hydrogen-bond donors (Lipinski definition) is 2. The molecular weight excluding hydrogens is 560 g/mol. The fourth-order valence-electron chi connectivity index (χ4n) is 5.97. The van der Waals surface area contributed by atoms with Crippen LogP contribution >= 0.6 is 11.3 Å². The number of rotatable bonds is 6. The molecule has 216 valence electrons. The predicted octanol–water partition coefficient (Wildman–Crippen LogP) is 2.56. The molecule has 0 bridgehead atoms. The second-order valence-electron chi connectivity index (χ2n) is 11.1. The number of likely N-dealkylation sites (tertiary alicyclic amines) is 1. The minimum atomic E-state index is -3.88. The minimum Gasteiger partial charge on any atom is -0.345 e. The Kier molecular flexibility index (Phi) is 7.63. The SMILES string of the molecule is C#Cc1ccc2[nH]c(S(=O)(=O)N3CCN(C(=O)c4nc5c(s4)CNC(C)C5)C(CCC(=O)N4CCCC4)C3)cc2c1. The standard InChI is InChI=1S/C29H34N6O4S2/c1-3-20-6-8-23-21(15-20)16-26(31-23)41(38,39)34-12-13-35(22(18-34)7-9-27(36)33-10-4-5-11-33)29(37)28-32-24-14-19(2)30-17-25(24)40-28/h1,6,8,15-16,19,22,30-31H,4-5,7,9-14,17-18H2,2H3. The van der Waals surface area contributed by atoms with E-state index in [1.165, 1.54) is 15.6 Å². The monoisotopic (exact) mass is 594 g/mol. The lowest BCUT2D eigenvalue weighted by Crippen LogP contribution is -2.56. The van der Waals surface area contributed by atoms with Gasteiger partial charge in [-0.05, 0) is 50.5 Å². The van der Waals surface area contributed by atoms with E-state index in [2.05, 4.69) is 28.1 Å². The number of carbonyl (C=O) groups is 2. The summed E-state index contributed by atoms with van der Waals surface area (Å²) < 4.78 is 29.0. The third kappa shape index (κ3) is 5.51. The van der Waals surface area contributed by atoms with E-state index in [4.69, 9.17) is 6.42 Å². The first kappa shape index (κ1) is 27.9. The van der Waals surface area contributed by atoms with Gasteiger partial charge in [0.25, 0.3) is 15.9 Å². The molecule has 12 heteroatoms. The van der Waals surface area contributed by atoms with Crippen LogP contribution in [0.15, 0.2) is 29.3 Å². The maximum absolute atomic E-state index is 13.8. The lowest BCUT2D eigenvalue weighted by atomic mass is 10.1. The molecule has 0 spiro atoms. The Labute approximate surface area is 244 Å². The van der Waals surface area contributed by atoms with E-state index in [-0.39, 0.29) is 42.9 Å². The van der Waals surface area contributed by atoms with Crippen LogP contribution in [0.3, 0.4) is 0 Å². The van der Waals surface area contributed by atoms with Crippen LogP contribution in [-0.2, 0) is 27.8 Å². The Balaban J connectivity index is 1.24. The molecule has 2 unspecified atom stereocenters. The van der Waals surface area contributed by atoms with Gasteiger partial charge >= 0.3 is 0 Å². The van der Waals surface area contributed by atoms with Crippen molar-refractivity contribution >= 4 is 44.1 Å². The van der Waals surface area contributed by atoms with Crippen LogP contribution in [0.4, 0.5) is 0 Å². The zero-order chi connectivity index (χ0) is 28.7. The van der Waals surface area contributed by atoms with Crippen molar-refractivity contribution in [1.82, 2.24) is 29.4 Å². The van der Waals surface area contributed by atoms with Crippen molar-refractivity contribution in [3.05, 3.63) is 45.4 Å². The summed E-state index contributed by atoms with van der Waals surface area (Å²) in [5.41, 5.74) is 2.31. The molecular formula is C29H34N6O4S2. The minimum absolute atomic E-state index is 0.0552. The van der Waals surface area contributed by atoms with Gasteiger partial charge in [-0.1, -0.05) is 5.92 Å². The molecule has 2 N–H and O–H groups in total. The van der Waals surface area contributed by atoms with Crippen molar-refractivity contribution in [2.45, 2.75) is 62.7 Å². The lowest BCUT2D eigenvalue weighted by molar-refractivity contribution is -0.130. The first-order chi connectivity index (χ1) is 19.7. The highest BCUT2D eigenvalue weighted by atomic mass is 32.2. The summed E-state index contributed by atoms with van der Waals surface area (Å²) in [6.45, 7) is 4.78. The highest BCUT2D eigenvalue weighted by Gasteiger charge is 2.39. The number of hydrogen-bond acceptors (Lipinski definition) is 7. The van der Waals surface area contributed by atoms with E-state index in [1.807, 2.05) is 4.90 Å². The molecule has 1 aromatic carbocycles. The maximum atomic E-state index is 13.8. The zero-order valence-corrected chi connectivity index (χ0v) is 24.7. The summed E-state index contributed by atoms with van der Waals surface area (Å²) in [6, 6.07) is 6.76. The van der Waals surface area contributed by atoms with Crippen LogP contribution in [0, 0.1) is 12.3 Å². The summed E-state index contributed by atoms with van der Waals surface area (Å²) in [7, 11) is -3.88. The van der Waals surface area contributed by atoms with Crippen molar-refractivity contribution in [2.75, 3.05) is 32.7 Å². The first-order valence-electron chi connectivity index (χ1n) is 14.1. The fourth-order valence-corrected chi connectivity index (χ4v) is 8.45. The number of sulfonamides is 1. The number of fused-ring (bicyclic) bond motifs is 2. The highest BCUT2D eigenvalue weighted by molar-refractivity contribution is 7.89. The predicted molar refractivity (Wildman–Crippen MR) is 157 cm³/mol. The Hall–Kier alpha value is -3.24. The Morgan fingerprint density at radius 2 is 1.98 bits per heavy atom. The average molecular weight is 595 g/mol. The molecule has 2 amide bonds. The summed E-state index contributed by atoms with van der Waals surface area (Å²) in [6.07, 6.45) is 8.94. The van der Waals surface area contributed by atoms with Gasteiger partial charge in [-0.2, -0.15) is 4.31 Å². The molecule has 3 aromatic rings. The molecule has 6 rings (SSSR count). The fraction of sp³-hybridized carbons (Fsp3) is 0.483. The number of amides is 2. The van der Waals surface area contributed by atoms with Crippen LogP contribution < -0.4 is 5.32 Å². The first-order valence-corrected chi connectivity index (χ1v) is 16.4. The number of aromatic nitrogens is 2. The van der Waals surface area contributed by atoms with E-state index < -0.39 is 16.1 Å². The third-order valence-corrected chi connectivity index (χ3v) is 11.2. The number of aromatic amines is 1. The van der Waals surface area contributed by atoms with Gasteiger partial charge in [0.15, 0.2) is 5.01 Å². The Morgan fingerprint density at radius 1 is 1.17 bits per heavy atom. The summed E-state index contributed by atoms with van der Waals surface area (Å²) in [5.74, 6) is 2.44. The van der Waals surface area contributed by atoms with Gasteiger partial charge in [-0.3, -0.25) is 9.59 Å². The number of nitrogens with zero attached hydrogens (tertiary/aromatic N) is 4. The lowest BCUT2D eigenvalue weighted by Gasteiger charge is -2.40. The van der Waals surface area contributed by atoms with E-state index in [1.54, 1.807) is 29.2 Å². The molecule has 0 radical (unpaired) electrons. The molecule has 2 fully saturated rings. The quantitative estimate of drug-likeness (QED) is 0.424. The third-order valence-electron chi connectivity index (χ3n) is 8.31. The second kappa shape index (κ2) is 11.2. The summed E-state index contributed by atoms with van der Waals surface area (Å²) >= 11 is 1.40. The Morgan fingerprint density at radius 3 is 2.76 bits per heavy atom. The zero-order valence-electron chi connectivity index (χ0n) is 23.1. The van der Waals surface area contributed by atoms with E-state index in [9.17, 15) is 18.0 Å². The van der Waals surface area contributed by atoms with Crippen LogP contribution in [0.25, 0.3) is 10.9 Å². The number of benzene rings is 1. The van der Waals surface area contributed by atoms with E-state index in [0.29, 0.717) is 35.1 Å². The number of thiazole rings is 1. The molecule has 3 aliphatic heterocycles. The van der Waals surface area contributed by atoms with E-state index in [0.717, 1.165) is 48.3 Å². The molecule has 10 nitrogen and oxygen atoms in total. The maximum Gasteiger partial charge on any atom is 0.283 e. The van der Waals surface area contributed by atoms with Gasteiger partial charge in [0.2, 0.25) is 5.91 Å². The highest BCUT2D eigenvalue weighted by Crippen LogP contribution is 2.29. The van der Waals surface area contributed by atoms with Crippen LogP contribution in [0.1, 0.15) is 58.5 Å². The van der Waals surface area contributed by atoms with Crippen molar-refractivity contribution in [1.29, 1.82) is 0 Å². The van der Waals surface area contributed by atoms with Gasteiger partial charge < -0.3 is 20.1 Å². The van der Waals surface area contributed by atoms with Gasteiger partial charge in [0, 0.05) is 85.5 Å². The van der Waals surface area contributed by atoms with Crippen molar-refractivity contribution in [2.24, 2.45) is 0 Å². The molecule has 2 saturated heterocycles.